The first-order valence-corrected chi connectivity index (χ1v) is 9.67. The minimum absolute atomic E-state index is 0.203. The van der Waals surface area contributed by atoms with E-state index in [1.807, 2.05) is 0 Å². The number of fused-ring (bicyclic) bond motifs is 1. The van der Waals surface area contributed by atoms with Crippen LogP contribution in [0.15, 0.2) is 34.9 Å². The van der Waals surface area contributed by atoms with E-state index in [1.54, 1.807) is 14.2 Å². The lowest BCUT2D eigenvalue weighted by molar-refractivity contribution is -0.194. The van der Waals surface area contributed by atoms with Crippen LogP contribution in [0.2, 0.25) is 0 Å². The summed E-state index contributed by atoms with van der Waals surface area (Å²) in [5.41, 5.74) is 4.17. The zero-order chi connectivity index (χ0) is 18.4. The van der Waals surface area contributed by atoms with Gasteiger partial charge in [0.15, 0.2) is 12.6 Å². The fraction of sp³-hybridized carbons (Fsp3) is 0.727. The Morgan fingerprint density at radius 2 is 2.04 bits per heavy atom. The zero-order valence-electron chi connectivity index (χ0n) is 16.9. The monoisotopic (exact) mass is 348 g/mol. The molecule has 0 N–H and O–H groups in total. The van der Waals surface area contributed by atoms with Crippen molar-refractivity contribution in [3.8, 4) is 0 Å². The van der Waals surface area contributed by atoms with Crippen molar-refractivity contribution in [1.29, 1.82) is 0 Å². The smallest absolute Gasteiger partial charge is 0.183 e. The predicted octanol–water partition coefficient (Wildman–Crippen LogP) is 5.63. The highest BCUT2D eigenvalue weighted by Crippen LogP contribution is 2.45. The summed E-state index contributed by atoms with van der Waals surface area (Å²) in [7, 11) is 3.48. The van der Waals surface area contributed by atoms with Gasteiger partial charge in [-0.15, -0.1) is 0 Å². The van der Waals surface area contributed by atoms with E-state index in [1.165, 1.54) is 29.6 Å². The van der Waals surface area contributed by atoms with Gasteiger partial charge in [-0.25, -0.2) is 0 Å². The Labute approximate surface area is 154 Å². The van der Waals surface area contributed by atoms with Gasteiger partial charge in [-0.05, 0) is 70.3 Å². The van der Waals surface area contributed by atoms with Crippen molar-refractivity contribution in [3.63, 3.8) is 0 Å². The minimum atomic E-state index is -0.269. The zero-order valence-corrected chi connectivity index (χ0v) is 16.9. The van der Waals surface area contributed by atoms with E-state index in [4.69, 9.17) is 14.2 Å². The van der Waals surface area contributed by atoms with Crippen LogP contribution in [-0.2, 0) is 14.2 Å². The molecule has 1 aliphatic heterocycles. The predicted molar refractivity (Wildman–Crippen MR) is 103 cm³/mol. The molecule has 0 saturated carbocycles. The first-order chi connectivity index (χ1) is 12.0. The van der Waals surface area contributed by atoms with Crippen LogP contribution < -0.4 is 0 Å². The normalized spacial score (nSPS) is 35.3. The van der Waals surface area contributed by atoms with E-state index in [0.717, 1.165) is 19.3 Å². The Kier molecular flexibility index (Phi) is 7.92. The van der Waals surface area contributed by atoms with E-state index in [-0.39, 0.29) is 18.5 Å². The van der Waals surface area contributed by atoms with Crippen LogP contribution in [0.4, 0.5) is 0 Å². The van der Waals surface area contributed by atoms with E-state index >= 15 is 0 Å². The number of ether oxygens (including phenoxy) is 3. The molecule has 1 aliphatic carbocycles. The molecular formula is C22H36O3. The van der Waals surface area contributed by atoms with Gasteiger partial charge in [-0.1, -0.05) is 36.3 Å². The Hall–Kier alpha value is -0.900. The van der Waals surface area contributed by atoms with Gasteiger partial charge in [0.2, 0.25) is 0 Å². The van der Waals surface area contributed by atoms with Gasteiger partial charge >= 0.3 is 0 Å². The molecular weight excluding hydrogens is 312 g/mol. The van der Waals surface area contributed by atoms with E-state index in [0.29, 0.717) is 11.8 Å². The van der Waals surface area contributed by atoms with Gasteiger partial charge in [0.25, 0.3) is 0 Å². The first kappa shape index (κ1) is 20.4. The highest BCUT2D eigenvalue weighted by atomic mass is 16.8. The summed E-state index contributed by atoms with van der Waals surface area (Å²) in [6.07, 6.45) is 12.2. The maximum Gasteiger partial charge on any atom is 0.183 e. The molecule has 25 heavy (non-hydrogen) atoms. The molecule has 1 heterocycles. The minimum Gasteiger partial charge on any atom is -0.355 e. The fourth-order valence-corrected chi connectivity index (χ4v) is 4.23. The average Bonchev–Trinajstić information content (AvgIpc) is 2.94. The lowest BCUT2D eigenvalue weighted by Gasteiger charge is -2.32. The van der Waals surface area contributed by atoms with Crippen molar-refractivity contribution in [2.45, 2.75) is 72.4 Å². The molecule has 3 heteroatoms. The summed E-state index contributed by atoms with van der Waals surface area (Å²) in [5.74, 6) is 1.45. The highest BCUT2D eigenvalue weighted by Gasteiger charge is 2.45. The van der Waals surface area contributed by atoms with Gasteiger partial charge in [0, 0.05) is 20.1 Å². The summed E-state index contributed by atoms with van der Waals surface area (Å²) in [5, 5.41) is 0. The summed E-state index contributed by atoms with van der Waals surface area (Å²) in [6, 6.07) is 0. The molecule has 5 atom stereocenters. The summed E-state index contributed by atoms with van der Waals surface area (Å²) >= 11 is 0. The van der Waals surface area contributed by atoms with Gasteiger partial charge < -0.3 is 14.2 Å². The summed E-state index contributed by atoms with van der Waals surface area (Å²) in [4.78, 5) is 0. The molecule has 1 fully saturated rings. The molecule has 1 saturated heterocycles. The lowest BCUT2D eigenvalue weighted by atomic mass is 9.74. The van der Waals surface area contributed by atoms with Crippen LogP contribution in [0.5, 0.6) is 0 Å². The molecule has 0 amide bonds. The van der Waals surface area contributed by atoms with Crippen molar-refractivity contribution in [1.82, 2.24) is 0 Å². The van der Waals surface area contributed by atoms with E-state index in [9.17, 15) is 0 Å². The maximum atomic E-state index is 6.06. The van der Waals surface area contributed by atoms with Crippen molar-refractivity contribution >= 4 is 0 Å². The second-order valence-corrected chi connectivity index (χ2v) is 7.86. The van der Waals surface area contributed by atoms with Crippen molar-refractivity contribution in [3.05, 3.63) is 34.9 Å². The number of rotatable bonds is 6. The van der Waals surface area contributed by atoms with Crippen LogP contribution >= 0.6 is 0 Å². The molecule has 2 aliphatic rings. The maximum absolute atomic E-state index is 6.06. The van der Waals surface area contributed by atoms with Crippen molar-refractivity contribution in [2.75, 3.05) is 14.2 Å². The Morgan fingerprint density at radius 3 is 2.68 bits per heavy atom. The third-order valence-corrected chi connectivity index (χ3v) is 5.71. The standard InChI is InChI=1S/C22H36O3/c1-15(2)9-7-11-17(4)18-14-13-16(3)10-8-12-19-20(18)22(24-6)25-21(19)23-5/h9-10,12,17-18,20-22H,7-8,11,13-14H2,1-6H3/b16-10+,19-12+/t17-,18+,20+,21+,22+/m0/s1. The number of methoxy groups -OCH3 is 2. The molecule has 0 aromatic rings. The largest absolute Gasteiger partial charge is 0.355 e. The molecule has 0 radical (unpaired) electrons. The first-order valence-electron chi connectivity index (χ1n) is 9.67. The second kappa shape index (κ2) is 9.70. The van der Waals surface area contributed by atoms with Crippen molar-refractivity contribution < 1.29 is 14.2 Å². The quantitative estimate of drug-likeness (QED) is 0.582. The van der Waals surface area contributed by atoms with Crippen molar-refractivity contribution in [2.24, 2.45) is 17.8 Å². The Morgan fingerprint density at radius 1 is 1.28 bits per heavy atom. The second-order valence-electron chi connectivity index (χ2n) is 7.86. The Bertz CT molecular complexity index is 513. The molecule has 142 valence electrons. The molecule has 0 spiro atoms. The van der Waals surface area contributed by atoms with E-state index < -0.39 is 0 Å². The van der Waals surface area contributed by atoms with Crippen LogP contribution in [0.1, 0.15) is 59.8 Å². The van der Waals surface area contributed by atoms with Crippen LogP contribution in [0.25, 0.3) is 0 Å². The third-order valence-electron chi connectivity index (χ3n) is 5.71. The number of allylic oxidation sites excluding steroid dienone is 5. The van der Waals surface area contributed by atoms with E-state index in [2.05, 4.69) is 45.9 Å². The topological polar surface area (TPSA) is 27.7 Å². The van der Waals surface area contributed by atoms with Gasteiger partial charge in [0.05, 0.1) is 0 Å². The van der Waals surface area contributed by atoms with Crippen LogP contribution in [-0.4, -0.2) is 26.8 Å². The molecule has 2 rings (SSSR count). The highest BCUT2D eigenvalue weighted by molar-refractivity contribution is 5.20. The number of hydrogen-bond acceptors (Lipinski definition) is 3. The van der Waals surface area contributed by atoms with Crippen LogP contribution in [0.3, 0.4) is 0 Å². The average molecular weight is 349 g/mol. The van der Waals surface area contributed by atoms with Gasteiger partial charge in [-0.3, -0.25) is 0 Å². The van der Waals surface area contributed by atoms with Gasteiger partial charge in [-0.2, -0.15) is 0 Å². The fourth-order valence-electron chi connectivity index (χ4n) is 4.23. The number of hydrogen-bond donors (Lipinski definition) is 0. The molecule has 0 bridgehead atoms. The van der Waals surface area contributed by atoms with Crippen LogP contribution in [0, 0.1) is 17.8 Å². The molecule has 0 unspecified atom stereocenters. The molecule has 0 aromatic carbocycles. The van der Waals surface area contributed by atoms with Gasteiger partial charge in [0.1, 0.15) is 0 Å². The summed E-state index contributed by atoms with van der Waals surface area (Å²) < 4.78 is 17.4. The SMILES string of the molecule is CO[C@@H]1O[C@@H](OC)[C@H]2/C1=C\C/C=C(\C)CC[C@@H]2[C@@H](C)CCC=C(C)C. The Balaban J connectivity index is 2.26. The lowest BCUT2D eigenvalue weighted by Crippen LogP contribution is -2.31. The molecule has 0 aromatic heterocycles. The molecule has 3 nitrogen and oxygen atoms in total. The third kappa shape index (κ3) is 5.29. The summed E-state index contributed by atoms with van der Waals surface area (Å²) in [6.45, 7) is 9.00.